The van der Waals surface area contributed by atoms with E-state index in [-0.39, 0.29) is 5.91 Å². The van der Waals surface area contributed by atoms with Gasteiger partial charge >= 0.3 is 5.97 Å². The van der Waals surface area contributed by atoms with Gasteiger partial charge in [-0.1, -0.05) is 12.1 Å². The van der Waals surface area contributed by atoms with E-state index in [4.69, 9.17) is 9.47 Å². The highest BCUT2D eigenvalue weighted by molar-refractivity contribution is 5.95. The molecule has 2 atom stereocenters. The third-order valence-electron chi connectivity index (χ3n) is 3.77. The molecular formula is C21H24N2O5. The quantitative estimate of drug-likeness (QED) is 0.715. The first-order chi connectivity index (χ1) is 13.2. The molecule has 2 amide bonds. The summed E-state index contributed by atoms with van der Waals surface area (Å²) in [5, 5.41) is 5.29. The number of nitrogens with one attached hydrogen (secondary N) is 2. The molecule has 0 saturated heterocycles. The predicted octanol–water partition coefficient (Wildman–Crippen LogP) is 3.29. The van der Waals surface area contributed by atoms with Crippen LogP contribution in [0.3, 0.4) is 0 Å². The second-order valence-corrected chi connectivity index (χ2v) is 6.40. The lowest BCUT2D eigenvalue weighted by atomic mass is 10.2. The first-order valence-corrected chi connectivity index (χ1v) is 8.87. The topological polar surface area (TPSA) is 93.7 Å². The number of ether oxygens (including phenoxy) is 2. The fourth-order valence-electron chi connectivity index (χ4n) is 2.35. The zero-order valence-corrected chi connectivity index (χ0v) is 16.3. The minimum atomic E-state index is -0.994. The van der Waals surface area contributed by atoms with E-state index >= 15 is 0 Å². The summed E-state index contributed by atoms with van der Waals surface area (Å²) in [6.45, 7) is 6.38. The summed E-state index contributed by atoms with van der Waals surface area (Å²) in [5.41, 5.74) is 2.15. The van der Waals surface area contributed by atoms with Crippen LogP contribution in [0.5, 0.6) is 5.75 Å². The van der Waals surface area contributed by atoms with E-state index in [1.165, 1.54) is 13.8 Å². The van der Waals surface area contributed by atoms with E-state index in [0.717, 1.165) is 5.56 Å². The second kappa shape index (κ2) is 9.55. The lowest BCUT2D eigenvalue weighted by Crippen LogP contribution is -2.35. The molecular weight excluding hydrogens is 360 g/mol. The van der Waals surface area contributed by atoms with Crippen LogP contribution in [0.2, 0.25) is 0 Å². The SMILES string of the molecule is CC(=O)Nc1ccc(NC(=O)[C@@H](C)OC(=O)[C@H](C)Oc2cccc(C)c2)cc1. The van der Waals surface area contributed by atoms with E-state index in [0.29, 0.717) is 17.1 Å². The Morgan fingerprint density at radius 1 is 0.893 bits per heavy atom. The molecule has 0 spiro atoms. The molecule has 2 aromatic carbocycles. The van der Waals surface area contributed by atoms with Gasteiger partial charge in [0.15, 0.2) is 12.2 Å². The van der Waals surface area contributed by atoms with Crippen molar-refractivity contribution in [3.8, 4) is 5.75 Å². The Kier molecular flexibility index (Phi) is 7.14. The summed E-state index contributed by atoms with van der Waals surface area (Å²) >= 11 is 0. The number of anilines is 2. The van der Waals surface area contributed by atoms with Crippen LogP contribution in [0.15, 0.2) is 48.5 Å². The molecule has 0 unspecified atom stereocenters. The lowest BCUT2D eigenvalue weighted by molar-refractivity contribution is -0.159. The standard InChI is InChI=1S/C21H24N2O5/c1-13-6-5-7-19(12-13)27-15(3)21(26)28-14(2)20(25)23-18-10-8-17(9-11-18)22-16(4)24/h5-12,14-15H,1-4H3,(H,22,24)(H,23,25)/t14-,15+/m1/s1. The van der Waals surface area contributed by atoms with Crippen LogP contribution in [0, 0.1) is 6.92 Å². The number of aryl methyl sites for hydroxylation is 1. The number of benzene rings is 2. The average Bonchev–Trinajstić information content (AvgIpc) is 2.62. The van der Waals surface area contributed by atoms with Crippen molar-refractivity contribution in [2.75, 3.05) is 10.6 Å². The van der Waals surface area contributed by atoms with Gasteiger partial charge in [0.05, 0.1) is 0 Å². The average molecular weight is 384 g/mol. The van der Waals surface area contributed by atoms with Gasteiger partial charge in [0.25, 0.3) is 5.91 Å². The molecule has 0 fully saturated rings. The van der Waals surface area contributed by atoms with Gasteiger partial charge in [-0.2, -0.15) is 0 Å². The van der Waals surface area contributed by atoms with Crippen molar-refractivity contribution >= 4 is 29.2 Å². The third-order valence-corrected chi connectivity index (χ3v) is 3.77. The number of hydrogen-bond acceptors (Lipinski definition) is 5. The molecule has 28 heavy (non-hydrogen) atoms. The van der Waals surface area contributed by atoms with Gasteiger partial charge in [0.2, 0.25) is 5.91 Å². The van der Waals surface area contributed by atoms with Gasteiger partial charge in [-0.05, 0) is 62.7 Å². The molecule has 0 bridgehead atoms. The molecule has 2 rings (SSSR count). The van der Waals surface area contributed by atoms with Crippen LogP contribution in [-0.4, -0.2) is 30.0 Å². The van der Waals surface area contributed by atoms with Crippen LogP contribution < -0.4 is 15.4 Å². The fraction of sp³-hybridized carbons (Fsp3) is 0.286. The third kappa shape index (κ3) is 6.42. The maximum atomic E-state index is 12.2. The normalized spacial score (nSPS) is 12.4. The summed E-state index contributed by atoms with van der Waals surface area (Å²) in [4.78, 5) is 35.4. The van der Waals surface area contributed by atoms with Gasteiger partial charge in [0, 0.05) is 18.3 Å². The summed E-state index contributed by atoms with van der Waals surface area (Å²) in [6.07, 6.45) is -1.85. The Balaban J connectivity index is 1.86. The van der Waals surface area contributed by atoms with Gasteiger partial charge in [0.1, 0.15) is 5.75 Å². The fourth-order valence-corrected chi connectivity index (χ4v) is 2.35. The molecule has 0 saturated carbocycles. The van der Waals surface area contributed by atoms with Gasteiger partial charge in [-0.25, -0.2) is 4.79 Å². The van der Waals surface area contributed by atoms with Crippen molar-refractivity contribution in [3.63, 3.8) is 0 Å². The molecule has 2 aromatic rings. The van der Waals surface area contributed by atoms with Crippen LogP contribution >= 0.6 is 0 Å². The highest BCUT2D eigenvalue weighted by Crippen LogP contribution is 2.16. The first-order valence-electron chi connectivity index (χ1n) is 8.87. The summed E-state index contributed by atoms with van der Waals surface area (Å²) in [7, 11) is 0. The van der Waals surface area contributed by atoms with E-state index in [2.05, 4.69) is 10.6 Å². The van der Waals surface area contributed by atoms with Crippen molar-refractivity contribution in [1.82, 2.24) is 0 Å². The van der Waals surface area contributed by atoms with Crippen LogP contribution in [0.25, 0.3) is 0 Å². The molecule has 0 aliphatic carbocycles. The highest BCUT2D eigenvalue weighted by atomic mass is 16.6. The highest BCUT2D eigenvalue weighted by Gasteiger charge is 2.23. The second-order valence-electron chi connectivity index (χ2n) is 6.40. The first kappa shape index (κ1) is 21.0. The van der Waals surface area contributed by atoms with E-state index in [1.807, 2.05) is 25.1 Å². The Morgan fingerprint density at radius 3 is 2.07 bits per heavy atom. The number of carbonyl (C=O) groups is 3. The Labute approximate surface area is 164 Å². The number of hydrogen-bond donors (Lipinski definition) is 2. The zero-order chi connectivity index (χ0) is 20.7. The van der Waals surface area contributed by atoms with E-state index < -0.39 is 24.1 Å². The number of amides is 2. The van der Waals surface area contributed by atoms with Crippen molar-refractivity contribution in [3.05, 3.63) is 54.1 Å². The molecule has 0 aliphatic heterocycles. The largest absolute Gasteiger partial charge is 0.479 e. The molecule has 7 heteroatoms. The minimum absolute atomic E-state index is 0.181. The van der Waals surface area contributed by atoms with Crippen LogP contribution in [0.4, 0.5) is 11.4 Å². The predicted molar refractivity (Wildman–Crippen MR) is 106 cm³/mol. The summed E-state index contributed by atoms with van der Waals surface area (Å²) in [5.74, 6) is -0.728. The molecule has 0 aliphatic rings. The number of carbonyl (C=O) groups excluding carboxylic acids is 3. The van der Waals surface area contributed by atoms with Crippen molar-refractivity contribution in [2.24, 2.45) is 0 Å². The van der Waals surface area contributed by atoms with Crippen molar-refractivity contribution in [1.29, 1.82) is 0 Å². The smallest absolute Gasteiger partial charge is 0.347 e. The van der Waals surface area contributed by atoms with Crippen LogP contribution in [-0.2, 0) is 19.1 Å². The van der Waals surface area contributed by atoms with Crippen LogP contribution in [0.1, 0.15) is 26.3 Å². The summed E-state index contributed by atoms with van der Waals surface area (Å²) < 4.78 is 10.8. The van der Waals surface area contributed by atoms with Crippen molar-refractivity contribution in [2.45, 2.75) is 39.9 Å². The van der Waals surface area contributed by atoms with Gasteiger partial charge < -0.3 is 20.1 Å². The van der Waals surface area contributed by atoms with Crippen molar-refractivity contribution < 1.29 is 23.9 Å². The Bertz CT molecular complexity index is 848. The molecule has 148 valence electrons. The summed E-state index contributed by atoms with van der Waals surface area (Å²) in [6, 6.07) is 13.9. The lowest BCUT2D eigenvalue weighted by Gasteiger charge is -2.18. The maximum Gasteiger partial charge on any atom is 0.347 e. The minimum Gasteiger partial charge on any atom is -0.479 e. The van der Waals surface area contributed by atoms with E-state index in [1.54, 1.807) is 37.3 Å². The number of esters is 1. The van der Waals surface area contributed by atoms with Gasteiger partial charge in [-0.15, -0.1) is 0 Å². The Hall–Kier alpha value is -3.35. The van der Waals surface area contributed by atoms with E-state index in [9.17, 15) is 14.4 Å². The molecule has 0 radical (unpaired) electrons. The molecule has 2 N–H and O–H groups in total. The molecule has 0 heterocycles. The Morgan fingerprint density at radius 2 is 1.50 bits per heavy atom. The zero-order valence-electron chi connectivity index (χ0n) is 16.3. The monoisotopic (exact) mass is 384 g/mol. The maximum absolute atomic E-state index is 12.2. The molecule has 7 nitrogen and oxygen atoms in total. The van der Waals surface area contributed by atoms with Gasteiger partial charge in [-0.3, -0.25) is 9.59 Å². The number of rotatable bonds is 7. The molecule has 0 aromatic heterocycles.